The summed E-state index contributed by atoms with van der Waals surface area (Å²) < 4.78 is 38.6. The minimum atomic E-state index is -5.17. The van der Waals surface area contributed by atoms with Crippen LogP contribution in [0.5, 0.6) is 0 Å². The molecular weight excluding hydrogens is 421 g/mol. The maximum absolute atomic E-state index is 12.9. The third-order valence-corrected chi connectivity index (χ3v) is 5.40. The number of rotatable bonds is 3. The molecule has 6 nitrogen and oxygen atoms in total. The van der Waals surface area contributed by atoms with Crippen LogP contribution in [0, 0.1) is 0 Å². The number of hydrogen-bond acceptors (Lipinski definition) is 6. The van der Waals surface area contributed by atoms with Crippen LogP contribution in [0.25, 0.3) is 22.3 Å². The number of nitrogens with zero attached hydrogens (tertiary/aromatic N) is 2. The Kier molecular flexibility index (Phi) is 5.64. The van der Waals surface area contributed by atoms with Gasteiger partial charge in [-0.15, -0.1) is 0 Å². The molecule has 4 N–H and O–H groups in total. The summed E-state index contributed by atoms with van der Waals surface area (Å²) in [4.78, 5) is 17.6. The zero-order valence-electron chi connectivity index (χ0n) is 17.1. The van der Waals surface area contributed by atoms with E-state index < -0.39 is 24.6 Å². The molecule has 0 fully saturated rings. The predicted molar refractivity (Wildman–Crippen MR) is 115 cm³/mol. The quantitative estimate of drug-likeness (QED) is 0.638. The third kappa shape index (κ3) is 4.05. The lowest BCUT2D eigenvalue weighted by molar-refractivity contribution is -0.204. The van der Waals surface area contributed by atoms with Crippen molar-refractivity contribution in [3.05, 3.63) is 78.4 Å². The van der Waals surface area contributed by atoms with Crippen LogP contribution < -0.4 is 16.5 Å². The van der Waals surface area contributed by atoms with Crippen LogP contribution in [0.3, 0.4) is 0 Å². The zero-order valence-corrected chi connectivity index (χ0v) is 17.1. The van der Waals surface area contributed by atoms with E-state index in [0.29, 0.717) is 11.1 Å². The second-order valence-electron chi connectivity index (χ2n) is 7.45. The molecule has 4 rings (SSSR count). The van der Waals surface area contributed by atoms with E-state index in [1.54, 1.807) is 12.1 Å². The van der Waals surface area contributed by atoms with Gasteiger partial charge in [-0.3, -0.25) is 10.6 Å². The van der Waals surface area contributed by atoms with Crippen molar-refractivity contribution in [2.45, 2.75) is 18.6 Å². The molecule has 2 atom stereocenters. The van der Waals surface area contributed by atoms with Crippen molar-refractivity contribution in [3.8, 4) is 22.3 Å². The number of anilines is 1. The van der Waals surface area contributed by atoms with Crippen LogP contribution in [-0.4, -0.2) is 30.4 Å². The lowest BCUT2D eigenvalue weighted by Crippen LogP contribution is -2.60. The van der Waals surface area contributed by atoms with E-state index in [2.05, 4.69) is 4.84 Å². The van der Waals surface area contributed by atoms with Gasteiger partial charge in [0.1, 0.15) is 0 Å². The molecule has 3 aromatic carbocycles. The predicted octanol–water partition coefficient (Wildman–Crippen LogP) is 3.99. The Labute approximate surface area is 182 Å². The van der Waals surface area contributed by atoms with Gasteiger partial charge in [0, 0.05) is 5.56 Å². The van der Waals surface area contributed by atoms with Gasteiger partial charge in [0.15, 0.2) is 6.29 Å². The molecule has 0 saturated carbocycles. The van der Waals surface area contributed by atoms with Gasteiger partial charge in [-0.25, -0.2) is 4.79 Å². The van der Waals surface area contributed by atoms with E-state index in [1.165, 1.54) is 11.9 Å². The summed E-state index contributed by atoms with van der Waals surface area (Å²) in [5.41, 5.74) is 16.5. The average Bonchev–Trinajstić information content (AvgIpc) is 2.80. The molecule has 1 aliphatic heterocycles. The minimum absolute atomic E-state index is 0.198. The second kappa shape index (κ2) is 8.27. The summed E-state index contributed by atoms with van der Waals surface area (Å²) >= 11 is 0. The molecule has 0 spiro atoms. The number of alkyl halides is 3. The highest BCUT2D eigenvalue weighted by Crippen LogP contribution is 2.38. The summed E-state index contributed by atoms with van der Waals surface area (Å²) in [6, 6.07) is 22.6. The van der Waals surface area contributed by atoms with Crippen molar-refractivity contribution in [3.63, 3.8) is 0 Å². The van der Waals surface area contributed by atoms with Gasteiger partial charge in [-0.2, -0.15) is 18.2 Å². The number of fused-ring (bicyclic) bond motifs is 1. The van der Waals surface area contributed by atoms with E-state index in [-0.39, 0.29) is 5.69 Å². The van der Waals surface area contributed by atoms with Gasteiger partial charge in [-0.1, -0.05) is 60.7 Å². The van der Waals surface area contributed by atoms with Gasteiger partial charge >= 0.3 is 12.1 Å². The fourth-order valence-electron chi connectivity index (χ4n) is 3.61. The average molecular weight is 442 g/mol. The van der Waals surface area contributed by atoms with Crippen molar-refractivity contribution in [1.29, 1.82) is 0 Å². The van der Waals surface area contributed by atoms with Crippen LogP contribution in [-0.2, 0) is 9.63 Å². The highest BCUT2D eigenvalue weighted by atomic mass is 19.4. The Morgan fingerprint density at radius 1 is 0.875 bits per heavy atom. The first-order chi connectivity index (χ1) is 15.2. The van der Waals surface area contributed by atoms with Gasteiger partial charge in [0.25, 0.3) is 0 Å². The third-order valence-electron chi connectivity index (χ3n) is 5.40. The SMILES string of the molecule is CN1C(N)c2ccc(-c3cccc(-c4ccccc4)c3)cc2N(OC(=O)C(F)(F)F)C1N. The first-order valence-electron chi connectivity index (χ1n) is 9.78. The maximum atomic E-state index is 12.9. The fourth-order valence-corrected chi connectivity index (χ4v) is 3.61. The van der Waals surface area contributed by atoms with E-state index in [1.807, 2.05) is 60.7 Å². The molecule has 1 aliphatic rings. The molecule has 32 heavy (non-hydrogen) atoms. The Morgan fingerprint density at radius 2 is 1.47 bits per heavy atom. The molecule has 0 amide bonds. The highest BCUT2D eigenvalue weighted by Gasteiger charge is 2.45. The largest absolute Gasteiger partial charge is 0.493 e. The normalized spacial score (nSPS) is 18.9. The van der Waals surface area contributed by atoms with Crippen molar-refractivity contribution in [2.24, 2.45) is 11.5 Å². The summed E-state index contributed by atoms with van der Waals surface area (Å²) in [5.74, 6) is -2.36. The van der Waals surface area contributed by atoms with E-state index >= 15 is 0 Å². The van der Waals surface area contributed by atoms with E-state index in [4.69, 9.17) is 11.5 Å². The van der Waals surface area contributed by atoms with Crippen LogP contribution in [0.2, 0.25) is 0 Å². The summed E-state index contributed by atoms with van der Waals surface area (Å²) in [6.07, 6.45) is -7.06. The molecule has 0 saturated heterocycles. The summed E-state index contributed by atoms with van der Waals surface area (Å²) in [5, 5.41) is 0.749. The molecule has 0 aliphatic carbocycles. The first kappa shape index (κ1) is 21.8. The van der Waals surface area contributed by atoms with Crippen molar-refractivity contribution in [2.75, 3.05) is 12.1 Å². The van der Waals surface area contributed by atoms with Gasteiger partial charge < -0.3 is 10.6 Å². The molecule has 9 heteroatoms. The van der Waals surface area contributed by atoms with E-state index in [0.717, 1.165) is 21.8 Å². The molecule has 0 aromatic heterocycles. The number of carbonyl (C=O) groups excluding carboxylic acids is 1. The highest BCUT2D eigenvalue weighted by molar-refractivity contribution is 5.79. The smallest absolute Gasteiger partial charge is 0.329 e. The number of halogens is 3. The zero-order chi connectivity index (χ0) is 23.0. The maximum Gasteiger partial charge on any atom is 0.493 e. The standard InChI is InChI=1S/C23H21F3N4O2/c1-29-20(27)18-11-10-17(13-19(18)30(22(29)28)32-21(31)23(24,25)26)16-9-5-8-15(12-16)14-6-3-2-4-7-14/h2-13,20,22H,27-28H2,1H3. The number of carbonyl (C=O) groups is 1. The van der Waals surface area contributed by atoms with E-state index in [9.17, 15) is 18.0 Å². The number of benzene rings is 3. The summed E-state index contributed by atoms with van der Waals surface area (Å²) in [6.45, 7) is 0. The first-order valence-corrected chi connectivity index (χ1v) is 9.78. The number of nitrogens with two attached hydrogens (primary N) is 2. The van der Waals surface area contributed by atoms with Gasteiger partial charge in [0.05, 0.1) is 11.9 Å². The Balaban J connectivity index is 1.76. The van der Waals surface area contributed by atoms with Crippen molar-refractivity contribution in [1.82, 2.24) is 4.90 Å². The lowest BCUT2D eigenvalue weighted by Gasteiger charge is -2.43. The molecule has 0 bridgehead atoms. The molecule has 0 radical (unpaired) electrons. The molecule has 1 heterocycles. The van der Waals surface area contributed by atoms with Crippen molar-refractivity contribution < 1.29 is 22.8 Å². The van der Waals surface area contributed by atoms with Crippen molar-refractivity contribution >= 4 is 11.7 Å². The van der Waals surface area contributed by atoms with Gasteiger partial charge in [0.2, 0.25) is 0 Å². The number of hydroxylamine groups is 1. The van der Waals surface area contributed by atoms with Crippen LogP contribution in [0.15, 0.2) is 72.8 Å². The molecule has 166 valence electrons. The Bertz CT molecular complexity index is 1140. The Morgan fingerprint density at radius 3 is 2.12 bits per heavy atom. The van der Waals surface area contributed by atoms with Gasteiger partial charge in [-0.05, 0) is 41.4 Å². The lowest BCUT2D eigenvalue weighted by atomic mass is 9.96. The molecular formula is C23H21F3N4O2. The summed E-state index contributed by atoms with van der Waals surface area (Å²) in [7, 11) is 1.53. The van der Waals surface area contributed by atoms with Crippen LogP contribution in [0.1, 0.15) is 11.7 Å². The monoisotopic (exact) mass is 442 g/mol. The molecule has 3 aromatic rings. The minimum Gasteiger partial charge on any atom is -0.329 e. The molecule has 2 unspecified atom stereocenters. The second-order valence-corrected chi connectivity index (χ2v) is 7.45. The Hall–Kier alpha value is -3.40. The topological polar surface area (TPSA) is 84.8 Å². The van der Waals surface area contributed by atoms with Crippen LogP contribution in [0.4, 0.5) is 18.9 Å². The number of hydrogen-bond donors (Lipinski definition) is 2. The fraction of sp³-hybridized carbons (Fsp3) is 0.174. The van der Waals surface area contributed by atoms with Crippen LogP contribution >= 0.6 is 0 Å².